The highest BCUT2D eigenvalue weighted by molar-refractivity contribution is 7.99. The molecule has 31 heavy (non-hydrogen) atoms. The van der Waals surface area contributed by atoms with Gasteiger partial charge in [-0.15, -0.1) is 10.2 Å². The van der Waals surface area contributed by atoms with Crippen LogP contribution in [-0.2, 0) is 17.9 Å². The molecule has 0 bridgehead atoms. The number of ether oxygens (including phenoxy) is 2. The van der Waals surface area contributed by atoms with Crippen molar-refractivity contribution < 1.29 is 14.3 Å². The van der Waals surface area contributed by atoms with Crippen molar-refractivity contribution >= 4 is 17.7 Å². The SMILES string of the molecule is CCCn1c(SCC(=O)NCc2ccc(OC)c(OC)c2)nnc1-c1cccc(C)c1. The maximum atomic E-state index is 12.4. The number of thioether (sulfide) groups is 1. The van der Waals surface area contributed by atoms with E-state index in [1.54, 1.807) is 14.2 Å². The van der Waals surface area contributed by atoms with E-state index in [1.165, 1.54) is 17.3 Å². The Morgan fingerprint density at radius 2 is 1.90 bits per heavy atom. The van der Waals surface area contributed by atoms with Crippen molar-refractivity contribution in [3.05, 3.63) is 53.6 Å². The molecule has 0 atom stereocenters. The van der Waals surface area contributed by atoms with E-state index in [4.69, 9.17) is 9.47 Å². The second kappa shape index (κ2) is 10.9. The van der Waals surface area contributed by atoms with Crippen LogP contribution in [0.25, 0.3) is 11.4 Å². The number of amides is 1. The molecular formula is C23H28N4O3S. The number of hydrogen-bond donors (Lipinski definition) is 1. The van der Waals surface area contributed by atoms with E-state index in [0.29, 0.717) is 18.0 Å². The smallest absolute Gasteiger partial charge is 0.230 e. The van der Waals surface area contributed by atoms with Crippen LogP contribution in [0.15, 0.2) is 47.6 Å². The van der Waals surface area contributed by atoms with Gasteiger partial charge in [-0.2, -0.15) is 0 Å². The summed E-state index contributed by atoms with van der Waals surface area (Å²) < 4.78 is 12.6. The zero-order valence-corrected chi connectivity index (χ0v) is 19.2. The second-order valence-corrected chi connectivity index (χ2v) is 8.02. The van der Waals surface area contributed by atoms with Crippen molar-refractivity contribution in [3.8, 4) is 22.9 Å². The summed E-state index contributed by atoms with van der Waals surface area (Å²) in [4.78, 5) is 12.4. The third-order valence-corrected chi connectivity index (χ3v) is 5.68. The molecule has 1 amide bonds. The molecule has 0 saturated carbocycles. The fourth-order valence-electron chi connectivity index (χ4n) is 3.19. The summed E-state index contributed by atoms with van der Waals surface area (Å²) in [5.74, 6) is 2.33. The Labute approximate surface area is 187 Å². The molecule has 7 nitrogen and oxygen atoms in total. The molecule has 3 rings (SSSR count). The van der Waals surface area contributed by atoms with Crippen LogP contribution >= 0.6 is 11.8 Å². The number of aromatic nitrogens is 3. The third-order valence-electron chi connectivity index (χ3n) is 4.71. The maximum Gasteiger partial charge on any atom is 0.230 e. The van der Waals surface area contributed by atoms with Crippen LogP contribution in [0, 0.1) is 6.92 Å². The first-order chi connectivity index (χ1) is 15.0. The molecule has 8 heteroatoms. The van der Waals surface area contributed by atoms with E-state index >= 15 is 0 Å². The highest BCUT2D eigenvalue weighted by atomic mass is 32.2. The van der Waals surface area contributed by atoms with E-state index < -0.39 is 0 Å². The summed E-state index contributed by atoms with van der Waals surface area (Å²) in [6.45, 7) is 5.38. The van der Waals surface area contributed by atoms with Crippen molar-refractivity contribution in [2.75, 3.05) is 20.0 Å². The zero-order valence-electron chi connectivity index (χ0n) is 18.3. The predicted octanol–water partition coefficient (Wildman–Crippen LogP) is 4.09. The lowest BCUT2D eigenvalue weighted by molar-refractivity contribution is -0.118. The van der Waals surface area contributed by atoms with Gasteiger partial charge in [-0.05, 0) is 37.1 Å². The number of carbonyl (C=O) groups is 1. The predicted molar refractivity (Wildman–Crippen MR) is 123 cm³/mol. The topological polar surface area (TPSA) is 78.3 Å². The van der Waals surface area contributed by atoms with Gasteiger partial charge >= 0.3 is 0 Å². The average Bonchev–Trinajstić information content (AvgIpc) is 3.18. The molecule has 0 aliphatic carbocycles. The van der Waals surface area contributed by atoms with Gasteiger partial charge in [0.1, 0.15) is 0 Å². The first kappa shape index (κ1) is 22.7. The molecule has 3 aromatic rings. The standard InChI is InChI=1S/C23H28N4O3S/c1-5-11-27-22(18-8-6-7-16(2)12-18)25-26-23(27)31-15-21(28)24-14-17-9-10-19(29-3)20(13-17)30-4/h6-10,12-13H,5,11,14-15H2,1-4H3,(H,24,28). The van der Waals surface area contributed by atoms with E-state index in [2.05, 4.69) is 46.1 Å². The highest BCUT2D eigenvalue weighted by Gasteiger charge is 2.15. The molecule has 0 radical (unpaired) electrons. The maximum absolute atomic E-state index is 12.4. The number of hydrogen-bond acceptors (Lipinski definition) is 6. The Bertz CT molecular complexity index is 1040. The van der Waals surface area contributed by atoms with Gasteiger partial charge in [-0.3, -0.25) is 4.79 Å². The molecule has 0 spiro atoms. The van der Waals surface area contributed by atoms with Gasteiger partial charge in [0.2, 0.25) is 5.91 Å². The number of nitrogens with zero attached hydrogens (tertiary/aromatic N) is 3. The van der Waals surface area contributed by atoms with Crippen LogP contribution in [-0.4, -0.2) is 40.6 Å². The van der Waals surface area contributed by atoms with Crippen molar-refractivity contribution in [1.29, 1.82) is 0 Å². The number of benzene rings is 2. The minimum absolute atomic E-state index is 0.0667. The Hall–Kier alpha value is -3.00. The highest BCUT2D eigenvalue weighted by Crippen LogP contribution is 2.28. The summed E-state index contributed by atoms with van der Waals surface area (Å²) in [5.41, 5.74) is 3.14. The molecule has 0 aliphatic heterocycles. The van der Waals surface area contributed by atoms with E-state index in [1.807, 2.05) is 30.3 Å². The van der Waals surface area contributed by atoms with Crippen LogP contribution in [0.1, 0.15) is 24.5 Å². The number of aryl methyl sites for hydroxylation is 1. The first-order valence-corrected chi connectivity index (χ1v) is 11.1. The van der Waals surface area contributed by atoms with Gasteiger partial charge in [0.05, 0.1) is 20.0 Å². The van der Waals surface area contributed by atoms with E-state index in [9.17, 15) is 4.79 Å². The Kier molecular flexibility index (Phi) is 7.94. The van der Waals surface area contributed by atoms with Crippen LogP contribution in [0.4, 0.5) is 0 Å². The number of methoxy groups -OCH3 is 2. The van der Waals surface area contributed by atoms with Crippen LogP contribution in [0.5, 0.6) is 11.5 Å². The van der Waals surface area contributed by atoms with Gasteiger partial charge in [0.15, 0.2) is 22.5 Å². The first-order valence-electron chi connectivity index (χ1n) is 10.2. The van der Waals surface area contributed by atoms with Crippen LogP contribution in [0.2, 0.25) is 0 Å². The van der Waals surface area contributed by atoms with Gasteiger partial charge in [0, 0.05) is 18.7 Å². The lowest BCUT2D eigenvalue weighted by atomic mass is 10.1. The Balaban J connectivity index is 1.62. The zero-order chi connectivity index (χ0) is 22.2. The molecule has 0 aliphatic rings. The summed E-state index contributed by atoms with van der Waals surface area (Å²) in [5, 5.41) is 12.4. The summed E-state index contributed by atoms with van der Waals surface area (Å²) in [6, 6.07) is 13.8. The normalized spacial score (nSPS) is 10.7. The molecule has 1 heterocycles. The quantitative estimate of drug-likeness (QED) is 0.479. The summed E-state index contributed by atoms with van der Waals surface area (Å²) in [7, 11) is 3.19. The molecule has 0 unspecified atom stereocenters. The van der Waals surface area contributed by atoms with Gasteiger partial charge in [-0.1, -0.05) is 48.5 Å². The monoisotopic (exact) mass is 440 g/mol. The largest absolute Gasteiger partial charge is 0.493 e. The van der Waals surface area contributed by atoms with Crippen LogP contribution < -0.4 is 14.8 Å². The van der Waals surface area contributed by atoms with Crippen LogP contribution in [0.3, 0.4) is 0 Å². The molecule has 2 aromatic carbocycles. The Morgan fingerprint density at radius 3 is 2.61 bits per heavy atom. The number of rotatable bonds is 10. The lowest BCUT2D eigenvalue weighted by Gasteiger charge is -2.11. The minimum atomic E-state index is -0.0667. The van der Waals surface area contributed by atoms with Gasteiger partial charge in [-0.25, -0.2) is 0 Å². The van der Waals surface area contributed by atoms with Crippen molar-refractivity contribution in [2.24, 2.45) is 0 Å². The third kappa shape index (κ3) is 5.79. The molecular weight excluding hydrogens is 412 g/mol. The number of nitrogens with one attached hydrogen (secondary N) is 1. The lowest BCUT2D eigenvalue weighted by Crippen LogP contribution is -2.24. The molecule has 0 fully saturated rings. The van der Waals surface area contributed by atoms with Crippen molar-refractivity contribution in [2.45, 2.75) is 38.5 Å². The van der Waals surface area contributed by atoms with E-state index in [-0.39, 0.29) is 11.7 Å². The molecule has 0 saturated heterocycles. The Morgan fingerprint density at radius 1 is 1.10 bits per heavy atom. The molecule has 1 aromatic heterocycles. The summed E-state index contributed by atoms with van der Waals surface area (Å²) >= 11 is 1.40. The summed E-state index contributed by atoms with van der Waals surface area (Å²) in [6.07, 6.45) is 0.954. The van der Waals surface area contributed by atoms with Crippen molar-refractivity contribution in [3.63, 3.8) is 0 Å². The van der Waals surface area contributed by atoms with E-state index in [0.717, 1.165) is 35.1 Å². The van der Waals surface area contributed by atoms with Crippen molar-refractivity contribution in [1.82, 2.24) is 20.1 Å². The fourth-order valence-corrected chi connectivity index (χ4v) is 3.99. The van der Waals surface area contributed by atoms with Gasteiger partial charge in [0.25, 0.3) is 0 Å². The average molecular weight is 441 g/mol. The molecule has 164 valence electrons. The number of carbonyl (C=O) groups excluding carboxylic acids is 1. The second-order valence-electron chi connectivity index (χ2n) is 7.08. The minimum Gasteiger partial charge on any atom is -0.493 e. The van der Waals surface area contributed by atoms with Gasteiger partial charge < -0.3 is 19.4 Å². The molecule has 1 N–H and O–H groups in total. The fraction of sp³-hybridized carbons (Fsp3) is 0.348.